The van der Waals surface area contributed by atoms with Crippen LogP contribution in [-0.4, -0.2) is 22.8 Å². The number of hydrogen-bond acceptors (Lipinski definition) is 3. The third-order valence-corrected chi connectivity index (χ3v) is 6.27. The number of aliphatic imine (C=N–C) groups is 1. The van der Waals surface area contributed by atoms with Crippen LogP contribution in [0.5, 0.6) is 0 Å². The fourth-order valence-corrected chi connectivity index (χ4v) is 4.24. The lowest BCUT2D eigenvalue weighted by molar-refractivity contribution is -0.160. The summed E-state index contributed by atoms with van der Waals surface area (Å²) in [6.45, 7) is 18.4. The molecule has 3 heteroatoms. The van der Waals surface area contributed by atoms with E-state index in [4.69, 9.17) is 9.73 Å². The van der Waals surface area contributed by atoms with Gasteiger partial charge in [0.1, 0.15) is 5.60 Å². The quantitative estimate of drug-likeness (QED) is 0.543. The maximum Gasteiger partial charge on any atom is 0.334 e. The summed E-state index contributed by atoms with van der Waals surface area (Å²) in [7, 11) is 0. The fraction of sp³-hybridized carbons (Fsp3) is 0.800. The molecule has 2 saturated carbocycles. The second-order valence-corrected chi connectivity index (χ2v) is 9.32. The Kier molecular flexibility index (Phi) is 4.32. The van der Waals surface area contributed by atoms with Gasteiger partial charge in [-0.05, 0) is 58.3 Å². The summed E-state index contributed by atoms with van der Waals surface area (Å²) in [5, 5.41) is 0. The molecular weight excluding hydrogens is 286 g/mol. The van der Waals surface area contributed by atoms with E-state index in [9.17, 15) is 4.79 Å². The van der Waals surface area contributed by atoms with Gasteiger partial charge in [0.05, 0.1) is 0 Å². The molecule has 0 saturated heterocycles. The zero-order valence-electron chi connectivity index (χ0n) is 16.0. The summed E-state index contributed by atoms with van der Waals surface area (Å²) < 4.78 is 5.64. The molecule has 0 aliphatic heterocycles. The summed E-state index contributed by atoms with van der Waals surface area (Å²) in [4.78, 5) is 17.8. The average Bonchev–Trinajstić information content (AvgIpc) is 2.70. The van der Waals surface area contributed by atoms with E-state index >= 15 is 0 Å². The van der Waals surface area contributed by atoms with Crippen molar-refractivity contribution in [1.29, 1.82) is 0 Å². The van der Waals surface area contributed by atoms with Gasteiger partial charge in [0.2, 0.25) is 0 Å². The van der Waals surface area contributed by atoms with Gasteiger partial charge < -0.3 is 4.74 Å². The predicted octanol–water partition coefficient (Wildman–Crippen LogP) is 4.95. The number of carbonyl (C=O) groups is 1. The predicted molar refractivity (Wildman–Crippen MR) is 95.7 cm³/mol. The summed E-state index contributed by atoms with van der Waals surface area (Å²) in [6, 6.07) is 0. The molecule has 0 aromatic heterocycles. The van der Waals surface area contributed by atoms with Gasteiger partial charge in [-0.3, -0.25) is 4.99 Å². The number of nitrogens with zero attached hydrogens (tertiary/aromatic N) is 1. The van der Waals surface area contributed by atoms with Crippen LogP contribution in [-0.2, 0) is 9.53 Å². The number of carbonyl (C=O) groups excluding carboxylic acids is 1. The molecule has 2 aliphatic carbocycles. The Morgan fingerprint density at radius 1 is 1.35 bits per heavy atom. The van der Waals surface area contributed by atoms with E-state index in [1.807, 2.05) is 27.7 Å². The van der Waals surface area contributed by atoms with Crippen LogP contribution in [0.4, 0.5) is 0 Å². The van der Waals surface area contributed by atoms with Crippen molar-refractivity contribution in [3.05, 3.63) is 12.7 Å². The van der Waals surface area contributed by atoms with Crippen molar-refractivity contribution in [3.63, 3.8) is 0 Å². The van der Waals surface area contributed by atoms with Gasteiger partial charge in [-0.2, -0.15) is 0 Å². The molecule has 3 nitrogen and oxygen atoms in total. The van der Waals surface area contributed by atoms with E-state index in [1.165, 1.54) is 18.6 Å². The van der Waals surface area contributed by atoms with Gasteiger partial charge in [0, 0.05) is 17.5 Å². The van der Waals surface area contributed by atoms with Gasteiger partial charge in [0.25, 0.3) is 0 Å². The van der Waals surface area contributed by atoms with Crippen molar-refractivity contribution in [1.82, 2.24) is 0 Å². The molecule has 0 aromatic rings. The van der Waals surface area contributed by atoms with Crippen LogP contribution in [0.3, 0.4) is 0 Å². The van der Waals surface area contributed by atoms with Crippen molar-refractivity contribution in [2.24, 2.45) is 21.7 Å². The maximum atomic E-state index is 12.8. The van der Waals surface area contributed by atoms with E-state index < -0.39 is 11.1 Å². The van der Waals surface area contributed by atoms with Crippen molar-refractivity contribution in [2.75, 3.05) is 0 Å². The summed E-state index contributed by atoms with van der Waals surface area (Å²) in [5.41, 5.74) is 0.191. The lowest BCUT2D eigenvalue weighted by atomic mass is 9.70. The Labute approximate surface area is 141 Å². The molecule has 0 amide bonds. The first-order valence-electron chi connectivity index (χ1n) is 8.79. The van der Waals surface area contributed by atoms with Crippen molar-refractivity contribution < 1.29 is 9.53 Å². The number of fused-ring (bicyclic) bond motifs is 2. The third-order valence-electron chi connectivity index (χ3n) is 6.27. The van der Waals surface area contributed by atoms with Crippen LogP contribution < -0.4 is 0 Å². The second kappa shape index (κ2) is 5.46. The van der Waals surface area contributed by atoms with Crippen LogP contribution in [0, 0.1) is 16.7 Å². The molecule has 2 rings (SSSR count). The summed E-state index contributed by atoms with van der Waals surface area (Å²) in [6.07, 6.45) is 5.73. The molecule has 3 atom stereocenters. The smallest absolute Gasteiger partial charge is 0.334 e. The van der Waals surface area contributed by atoms with E-state index in [0.717, 1.165) is 6.42 Å². The Morgan fingerprint density at radius 2 is 1.96 bits per heavy atom. The molecular formula is C20H33NO2. The first-order valence-corrected chi connectivity index (χ1v) is 8.79. The highest BCUT2D eigenvalue weighted by molar-refractivity contribution is 5.97. The highest BCUT2D eigenvalue weighted by Gasteiger charge is 2.60. The van der Waals surface area contributed by atoms with Crippen LogP contribution >= 0.6 is 0 Å². The van der Waals surface area contributed by atoms with Gasteiger partial charge in [-0.15, -0.1) is 6.58 Å². The molecule has 130 valence electrons. The highest BCUT2D eigenvalue weighted by Crippen LogP contribution is 2.64. The third kappa shape index (κ3) is 2.99. The first kappa shape index (κ1) is 18.2. The molecule has 2 fully saturated rings. The first-order chi connectivity index (χ1) is 10.4. The van der Waals surface area contributed by atoms with Gasteiger partial charge >= 0.3 is 5.97 Å². The van der Waals surface area contributed by atoms with Crippen LogP contribution in [0.25, 0.3) is 0 Å². The second-order valence-electron chi connectivity index (χ2n) is 9.32. The lowest BCUT2D eigenvalue weighted by Crippen LogP contribution is -2.42. The molecule has 0 N–H and O–H groups in total. The standard InChI is InChI=1S/C20H33NO2/c1-9-11-20(8,16(22)23-17(2,3)4)21-15-13-14-10-12-19(15,7)18(14,5)6/h9,14H,1,10-13H2,2-8H3/t14-,19+,20-/m1/s1. The highest BCUT2D eigenvalue weighted by atomic mass is 16.6. The maximum absolute atomic E-state index is 12.8. The molecule has 0 unspecified atom stereocenters. The largest absolute Gasteiger partial charge is 0.458 e. The zero-order chi connectivity index (χ0) is 17.7. The SMILES string of the molecule is C=CC[C@@](C)(N=C1C[C@H]2CC[C@]1(C)C2(C)C)C(=O)OC(C)(C)C. The van der Waals surface area contributed by atoms with Gasteiger partial charge in [0.15, 0.2) is 5.54 Å². The lowest BCUT2D eigenvalue weighted by Gasteiger charge is -2.36. The molecule has 23 heavy (non-hydrogen) atoms. The Morgan fingerprint density at radius 3 is 2.35 bits per heavy atom. The summed E-state index contributed by atoms with van der Waals surface area (Å²) >= 11 is 0. The molecule has 0 heterocycles. The van der Waals surface area contributed by atoms with Gasteiger partial charge in [-0.1, -0.05) is 26.8 Å². The molecule has 0 aromatic carbocycles. The summed E-state index contributed by atoms with van der Waals surface area (Å²) in [5.74, 6) is 0.430. The topological polar surface area (TPSA) is 38.7 Å². The van der Waals surface area contributed by atoms with Crippen LogP contribution in [0.15, 0.2) is 17.6 Å². The number of rotatable bonds is 4. The fourth-order valence-electron chi connectivity index (χ4n) is 4.24. The average molecular weight is 319 g/mol. The van der Waals surface area contributed by atoms with Crippen LogP contribution in [0.2, 0.25) is 0 Å². The molecule has 2 bridgehead atoms. The van der Waals surface area contributed by atoms with E-state index in [1.54, 1.807) is 6.08 Å². The Bertz CT molecular complexity index is 540. The van der Waals surface area contributed by atoms with E-state index in [2.05, 4.69) is 27.4 Å². The monoisotopic (exact) mass is 319 g/mol. The van der Waals surface area contributed by atoms with Crippen molar-refractivity contribution in [3.8, 4) is 0 Å². The Balaban J connectivity index is 2.36. The zero-order valence-corrected chi connectivity index (χ0v) is 16.0. The van der Waals surface area contributed by atoms with Crippen molar-refractivity contribution >= 4 is 11.7 Å². The minimum absolute atomic E-state index is 0.0993. The van der Waals surface area contributed by atoms with Crippen molar-refractivity contribution in [2.45, 2.75) is 85.3 Å². The number of ether oxygens (including phenoxy) is 1. The Hall–Kier alpha value is -1.12. The molecule has 0 spiro atoms. The minimum atomic E-state index is -0.867. The van der Waals surface area contributed by atoms with E-state index in [-0.39, 0.29) is 16.8 Å². The van der Waals surface area contributed by atoms with E-state index in [0.29, 0.717) is 12.3 Å². The van der Waals surface area contributed by atoms with Gasteiger partial charge in [-0.25, -0.2) is 4.79 Å². The number of hydrogen-bond donors (Lipinski definition) is 0. The molecule has 0 radical (unpaired) electrons. The molecule has 2 aliphatic rings. The minimum Gasteiger partial charge on any atom is -0.458 e. The van der Waals surface area contributed by atoms with Crippen LogP contribution in [0.1, 0.15) is 74.1 Å². The normalized spacial score (nSPS) is 33.5. The number of esters is 1.